The molecule has 2 rings (SSSR count). The van der Waals surface area contributed by atoms with Gasteiger partial charge in [-0.25, -0.2) is 8.78 Å². The van der Waals surface area contributed by atoms with E-state index in [-0.39, 0.29) is 12.8 Å². The van der Waals surface area contributed by atoms with Crippen molar-refractivity contribution >= 4 is 0 Å². The lowest BCUT2D eigenvalue weighted by Crippen LogP contribution is -2.34. The average Bonchev–Trinajstić information content (AvgIpc) is 2.90. The maximum atomic E-state index is 12.8. The van der Waals surface area contributed by atoms with Crippen LogP contribution < -0.4 is 0 Å². The highest BCUT2D eigenvalue weighted by atomic mass is 19.3. The van der Waals surface area contributed by atoms with Crippen LogP contribution in [0.4, 0.5) is 8.78 Å². The average molecular weight is 216 g/mol. The van der Waals surface area contributed by atoms with Gasteiger partial charge in [-0.05, 0) is 37.2 Å². The Kier molecular flexibility index (Phi) is 2.61. The first-order valence-corrected chi connectivity index (χ1v) is 5.75. The highest BCUT2D eigenvalue weighted by molar-refractivity contribution is 5.13. The first-order chi connectivity index (χ1) is 6.94. The minimum atomic E-state index is -2.71. The maximum absolute atomic E-state index is 12.8. The molecule has 0 saturated heterocycles. The minimum absolute atomic E-state index is 0.198. The van der Waals surface area contributed by atoms with Gasteiger partial charge in [-0.2, -0.15) is 0 Å². The van der Waals surface area contributed by atoms with Crippen molar-refractivity contribution in [3.63, 3.8) is 0 Å². The van der Waals surface area contributed by atoms with E-state index in [0.29, 0.717) is 18.3 Å². The van der Waals surface area contributed by atoms with Crippen molar-refractivity contribution in [2.45, 2.75) is 50.6 Å². The van der Waals surface area contributed by atoms with E-state index in [0.717, 1.165) is 18.9 Å². The smallest absolute Gasteiger partial charge is 0.266 e. The molecule has 2 aliphatic carbocycles. The van der Waals surface area contributed by atoms with E-state index in [4.69, 9.17) is 0 Å². The number of halogens is 2. The van der Waals surface area contributed by atoms with Crippen LogP contribution in [0.15, 0.2) is 12.2 Å². The Morgan fingerprint density at radius 1 is 1.27 bits per heavy atom. The van der Waals surface area contributed by atoms with Crippen molar-refractivity contribution in [3.05, 3.63) is 12.2 Å². The molecule has 86 valence electrons. The molecule has 0 heterocycles. The van der Waals surface area contributed by atoms with E-state index in [1.165, 1.54) is 6.08 Å². The molecule has 1 N–H and O–H groups in total. The molecule has 0 bridgehead atoms. The predicted octanol–water partition coefficient (Wildman–Crippen LogP) is 3.14. The first-order valence-electron chi connectivity index (χ1n) is 5.75. The largest absolute Gasteiger partial charge is 0.386 e. The third kappa shape index (κ3) is 2.57. The van der Waals surface area contributed by atoms with Crippen molar-refractivity contribution in [1.82, 2.24) is 0 Å². The summed E-state index contributed by atoms with van der Waals surface area (Å²) in [7, 11) is 0. The second kappa shape index (κ2) is 3.55. The number of aliphatic hydroxyl groups is 1. The Hall–Kier alpha value is -0.440. The minimum Gasteiger partial charge on any atom is -0.386 e. The Labute approximate surface area is 89.2 Å². The van der Waals surface area contributed by atoms with Gasteiger partial charge in [-0.15, -0.1) is 0 Å². The van der Waals surface area contributed by atoms with Crippen LogP contribution in [0, 0.1) is 11.8 Å². The Bertz CT molecular complexity index is 275. The fourth-order valence-electron chi connectivity index (χ4n) is 2.51. The SMILES string of the molecule is CCC1CC1CC1(O)C=CC(F)(F)CC1. The van der Waals surface area contributed by atoms with E-state index in [1.807, 2.05) is 0 Å². The second-order valence-electron chi connectivity index (χ2n) is 5.07. The number of hydrogen-bond acceptors (Lipinski definition) is 1. The summed E-state index contributed by atoms with van der Waals surface area (Å²) >= 11 is 0. The zero-order valence-electron chi connectivity index (χ0n) is 9.05. The van der Waals surface area contributed by atoms with E-state index >= 15 is 0 Å². The predicted molar refractivity (Wildman–Crippen MR) is 54.8 cm³/mol. The van der Waals surface area contributed by atoms with Crippen molar-refractivity contribution in [2.24, 2.45) is 11.8 Å². The van der Waals surface area contributed by atoms with E-state index in [1.54, 1.807) is 0 Å². The van der Waals surface area contributed by atoms with Gasteiger partial charge in [-0.1, -0.05) is 19.4 Å². The molecule has 3 heteroatoms. The van der Waals surface area contributed by atoms with Crippen LogP contribution in [0.5, 0.6) is 0 Å². The zero-order valence-corrected chi connectivity index (χ0v) is 9.05. The van der Waals surface area contributed by atoms with Crippen LogP contribution in [-0.2, 0) is 0 Å². The molecule has 0 amide bonds. The third-order valence-corrected chi connectivity index (χ3v) is 3.74. The summed E-state index contributed by atoms with van der Waals surface area (Å²) in [5.74, 6) is -1.44. The van der Waals surface area contributed by atoms with E-state index in [9.17, 15) is 13.9 Å². The molecule has 1 nitrogen and oxygen atoms in total. The lowest BCUT2D eigenvalue weighted by molar-refractivity contribution is -0.0175. The molecule has 2 aliphatic rings. The summed E-state index contributed by atoms with van der Waals surface area (Å²) < 4.78 is 25.7. The Morgan fingerprint density at radius 3 is 2.47 bits per heavy atom. The molecule has 0 aliphatic heterocycles. The van der Waals surface area contributed by atoms with Gasteiger partial charge in [0, 0.05) is 6.42 Å². The van der Waals surface area contributed by atoms with Crippen molar-refractivity contribution < 1.29 is 13.9 Å². The summed E-state index contributed by atoms with van der Waals surface area (Å²) in [5.41, 5.74) is -0.962. The first kappa shape index (κ1) is 11.1. The summed E-state index contributed by atoms with van der Waals surface area (Å²) in [6.07, 6.45) is 5.13. The molecule has 3 atom stereocenters. The molecular weight excluding hydrogens is 198 g/mol. The van der Waals surface area contributed by atoms with Gasteiger partial charge in [0.1, 0.15) is 0 Å². The standard InChI is InChI=1S/C12H18F2O/c1-2-9-7-10(9)8-11(15)3-5-12(13,14)6-4-11/h3,5,9-10,15H,2,4,6-8H2,1H3. The summed E-state index contributed by atoms with van der Waals surface area (Å²) in [6.45, 7) is 2.14. The summed E-state index contributed by atoms with van der Waals surface area (Å²) in [6, 6.07) is 0. The third-order valence-electron chi connectivity index (χ3n) is 3.74. The maximum Gasteiger partial charge on any atom is 0.266 e. The van der Waals surface area contributed by atoms with Crippen LogP contribution in [0.3, 0.4) is 0 Å². The molecule has 3 unspecified atom stereocenters. The fourth-order valence-corrected chi connectivity index (χ4v) is 2.51. The number of rotatable bonds is 3. The zero-order chi connectivity index (χ0) is 11.1. The topological polar surface area (TPSA) is 20.2 Å². The quantitative estimate of drug-likeness (QED) is 0.718. The molecule has 0 aromatic heterocycles. The summed E-state index contributed by atoms with van der Waals surface area (Å²) in [5, 5.41) is 10.1. The second-order valence-corrected chi connectivity index (χ2v) is 5.07. The lowest BCUT2D eigenvalue weighted by atomic mass is 9.84. The number of allylic oxidation sites excluding steroid dienone is 1. The van der Waals surface area contributed by atoms with Gasteiger partial charge in [0.15, 0.2) is 0 Å². The lowest BCUT2D eigenvalue weighted by Gasteiger charge is -2.31. The Morgan fingerprint density at radius 2 is 2.00 bits per heavy atom. The van der Waals surface area contributed by atoms with Gasteiger partial charge in [-0.3, -0.25) is 0 Å². The fraction of sp³-hybridized carbons (Fsp3) is 0.833. The van der Waals surface area contributed by atoms with E-state index in [2.05, 4.69) is 6.92 Å². The molecule has 1 fully saturated rings. The van der Waals surface area contributed by atoms with Crippen molar-refractivity contribution in [3.8, 4) is 0 Å². The van der Waals surface area contributed by atoms with Crippen LogP contribution in [-0.4, -0.2) is 16.6 Å². The van der Waals surface area contributed by atoms with Crippen LogP contribution in [0.2, 0.25) is 0 Å². The van der Waals surface area contributed by atoms with Gasteiger partial charge >= 0.3 is 0 Å². The van der Waals surface area contributed by atoms with Crippen molar-refractivity contribution in [2.75, 3.05) is 0 Å². The van der Waals surface area contributed by atoms with Gasteiger partial charge in [0.2, 0.25) is 0 Å². The molecule has 1 saturated carbocycles. The van der Waals surface area contributed by atoms with Gasteiger partial charge in [0.25, 0.3) is 5.92 Å². The molecule has 0 aromatic carbocycles. The highest BCUT2D eigenvalue weighted by Crippen LogP contribution is 2.48. The van der Waals surface area contributed by atoms with Crippen LogP contribution in [0.1, 0.15) is 39.0 Å². The molecular formula is C12H18F2O. The van der Waals surface area contributed by atoms with Crippen LogP contribution in [0.25, 0.3) is 0 Å². The van der Waals surface area contributed by atoms with Gasteiger partial charge in [0.05, 0.1) is 5.60 Å². The molecule has 0 radical (unpaired) electrons. The van der Waals surface area contributed by atoms with Gasteiger partial charge < -0.3 is 5.11 Å². The number of hydrogen-bond donors (Lipinski definition) is 1. The highest BCUT2D eigenvalue weighted by Gasteiger charge is 2.44. The molecule has 15 heavy (non-hydrogen) atoms. The normalized spacial score (nSPS) is 42.9. The Balaban J connectivity index is 1.92. The summed E-state index contributed by atoms with van der Waals surface area (Å²) in [4.78, 5) is 0. The number of alkyl halides is 2. The van der Waals surface area contributed by atoms with Crippen molar-refractivity contribution in [1.29, 1.82) is 0 Å². The van der Waals surface area contributed by atoms with E-state index < -0.39 is 11.5 Å². The van der Waals surface area contributed by atoms with Crippen LogP contribution >= 0.6 is 0 Å². The molecule has 0 aromatic rings. The monoisotopic (exact) mass is 216 g/mol. The molecule has 0 spiro atoms.